The normalized spacial score (nSPS) is 18.8. The lowest BCUT2D eigenvalue weighted by Gasteiger charge is -2.26. The first-order chi connectivity index (χ1) is 14.6. The maximum atomic E-state index is 11.4. The molecular weight excluding hydrogens is 380 g/mol. The molecule has 1 aliphatic carbocycles. The lowest BCUT2D eigenvalue weighted by Crippen LogP contribution is -2.29. The van der Waals surface area contributed by atoms with Crippen molar-refractivity contribution >= 4 is 28.2 Å². The number of aromatic nitrogens is 2. The minimum atomic E-state index is -0.451. The highest BCUT2D eigenvalue weighted by Gasteiger charge is 2.21. The van der Waals surface area contributed by atoms with Gasteiger partial charge in [-0.3, -0.25) is 10.1 Å². The monoisotopic (exact) mass is 406 g/mol. The van der Waals surface area contributed by atoms with Crippen molar-refractivity contribution in [1.82, 2.24) is 9.97 Å². The van der Waals surface area contributed by atoms with Gasteiger partial charge in [-0.15, -0.1) is 0 Å². The van der Waals surface area contributed by atoms with E-state index in [2.05, 4.69) is 38.8 Å². The Hall–Kier alpha value is -3.26. The summed E-state index contributed by atoms with van der Waals surface area (Å²) in [6.07, 6.45) is 5.31. The van der Waals surface area contributed by atoms with Crippen molar-refractivity contribution in [3.05, 3.63) is 64.3 Å². The molecular formula is C22H26N6O2. The van der Waals surface area contributed by atoms with Gasteiger partial charge in [0, 0.05) is 19.1 Å². The summed E-state index contributed by atoms with van der Waals surface area (Å²) >= 11 is 0. The molecule has 0 saturated heterocycles. The number of hydrogen-bond acceptors (Lipinski definition) is 7. The third-order valence-corrected chi connectivity index (χ3v) is 5.73. The van der Waals surface area contributed by atoms with Crippen LogP contribution in [0.15, 0.2) is 48.7 Å². The van der Waals surface area contributed by atoms with Gasteiger partial charge in [-0.25, -0.2) is 4.98 Å². The highest BCUT2D eigenvalue weighted by Crippen LogP contribution is 2.27. The zero-order chi connectivity index (χ0) is 20.9. The number of fused-ring (bicyclic) bond motifs is 1. The van der Waals surface area contributed by atoms with E-state index in [-0.39, 0.29) is 17.5 Å². The molecule has 1 fully saturated rings. The summed E-state index contributed by atoms with van der Waals surface area (Å²) in [5, 5.41) is 20.1. The predicted molar refractivity (Wildman–Crippen MR) is 118 cm³/mol. The van der Waals surface area contributed by atoms with Crippen molar-refractivity contribution < 1.29 is 4.92 Å². The number of rotatable bonds is 7. The van der Waals surface area contributed by atoms with Gasteiger partial charge >= 0.3 is 5.69 Å². The highest BCUT2D eigenvalue weighted by atomic mass is 16.6. The molecule has 1 aliphatic rings. The molecule has 0 radical (unpaired) electrons. The molecule has 156 valence electrons. The molecule has 1 heterocycles. The van der Waals surface area contributed by atoms with E-state index >= 15 is 0 Å². The quantitative estimate of drug-likeness (QED) is 0.399. The Morgan fingerprint density at radius 1 is 1.07 bits per heavy atom. The van der Waals surface area contributed by atoms with E-state index in [0.717, 1.165) is 42.0 Å². The second-order valence-corrected chi connectivity index (χ2v) is 7.84. The number of hydrogen-bond donors (Lipinski definition) is 3. The summed E-state index contributed by atoms with van der Waals surface area (Å²) in [4.78, 5) is 19.5. The summed E-state index contributed by atoms with van der Waals surface area (Å²) in [5.74, 6) is 1.07. The van der Waals surface area contributed by atoms with Crippen LogP contribution in [0.2, 0.25) is 0 Å². The maximum Gasteiger partial charge on any atom is 0.329 e. The smallest absolute Gasteiger partial charge is 0.329 e. The molecule has 1 saturated carbocycles. The summed E-state index contributed by atoms with van der Waals surface area (Å²) in [7, 11) is 0. The molecule has 0 bridgehead atoms. The fraction of sp³-hybridized carbons (Fsp3) is 0.364. The molecule has 4 N–H and O–H groups in total. The predicted octanol–water partition coefficient (Wildman–Crippen LogP) is 4.08. The third kappa shape index (κ3) is 4.65. The minimum Gasteiger partial charge on any atom is -0.364 e. The van der Waals surface area contributed by atoms with E-state index in [1.807, 2.05) is 24.3 Å². The minimum absolute atomic E-state index is 0.113. The molecule has 2 aromatic carbocycles. The number of benzene rings is 2. The van der Waals surface area contributed by atoms with E-state index in [9.17, 15) is 10.1 Å². The molecule has 4 rings (SSSR count). The van der Waals surface area contributed by atoms with E-state index in [0.29, 0.717) is 25.0 Å². The van der Waals surface area contributed by atoms with Crippen LogP contribution in [0, 0.1) is 16.0 Å². The molecule has 0 unspecified atom stereocenters. The van der Waals surface area contributed by atoms with Crippen LogP contribution >= 0.6 is 0 Å². The summed E-state index contributed by atoms with van der Waals surface area (Å²) < 4.78 is 0. The molecule has 0 aliphatic heterocycles. The van der Waals surface area contributed by atoms with Crippen LogP contribution in [0.3, 0.4) is 0 Å². The first-order valence-corrected chi connectivity index (χ1v) is 10.3. The summed E-state index contributed by atoms with van der Waals surface area (Å²) in [6.45, 7) is 1.17. The first-order valence-electron chi connectivity index (χ1n) is 10.3. The molecule has 0 spiro atoms. The molecule has 0 amide bonds. The Labute approximate surface area is 175 Å². The summed E-state index contributed by atoms with van der Waals surface area (Å²) in [6, 6.07) is 14.6. The third-order valence-electron chi connectivity index (χ3n) is 5.73. The largest absolute Gasteiger partial charge is 0.364 e. The Bertz CT molecular complexity index is 1030. The van der Waals surface area contributed by atoms with Gasteiger partial charge in [0.15, 0.2) is 0 Å². The van der Waals surface area contributed by atoms with Gasteiger partial charge in [0.05, 0.1) is 4.92 Å². The van der Waals surface area contributed by atoms with E-state index in [1.165, 1.54) is 6.20 Å². The zero-order valence-electron chi connectivity index (χ0n) is 16.8. The molecule has 8 heteroatoms. The second kappa shape index (κ2) is 9.04. The van der Waals surface area contributed by atoms with Gasteiger partial charge in [-0.05, 0) is 47.9 Å². The number of nitrogens with two attached hydrogens (primary N) is 1. The first kappa shape index (κ1) is 20.0. The Kier molecular flexibility index (Phi) is 6.04. The number of nitrogens with one attached hydrogen (secondary N) is 2. The van der Waals surface area contributed by atoms with Crippen LogP contribution < -0.4 is 16.4 Å². The second-order valence-electron chi connectivity index (χ2n) is 7.84. The van der Waals surface area contributed by atoms with Gasteiger partial charge in [0.25, 0.3) is 0 Å². The maximum absolute atomic E-state index is 11.4. The average molecular weight is 406 g/mol. The number of nitrogens with zero attached hydrogens (tertiary/aromatic N) is 3. The van der Waals surface area contributed by atoms with Crippen LogP contribution in [-0.4, -0.2) is 27.5 Å². The number of anilines is 2. The fourth-order valence-corrected chi connectivity index (χ4v) is 3.98. The van der Waals surface area contributed by atoms with Crippen LogP contribution in [0.1, 0.15) is 31.2 Å². The van der Waals surface area contributed by atoms with E-state index in [4.69, 9.17) is 5.73 Å². The van der Waals surface area contributed by atoms with E-state index < -0.39 is 4.92 Å². The lowest BCUT2D eigenvalue weighted by atomic mass is 9.86. The van der Waals surface area contributed by atoms with Gasteiger partial charge in [-0.2, -0.15) is 4.98 Å². The van der Waals surface area contributed by atoms with Gasteiger partial charge < -0.3 is 16.4 Å². The van der Waals surface area contributed by atoms with Gasteiger partial charge in [0.1, 0.15) is 6.20 Å². The molecule has 3 aromatic rings. The Morgan fingerprint density at radius 2 is 1.83 bits per heavy atom. The van der Waals surface area contributed by atoms with Gasteiger partial charge in [-0.1, -0.05) is 42.5 Å². The van der Waals surface area contributed by atoms with Gasteiger partial charge in [0.2, 0.25) is 11.8 Å². The van der Waals surface area contributed by atoms with E-state index in [1.54, 1.807) is 0 Å². The topological polar surface area (TPSA) is 119 Å². The fourth-order valence-electron chi connectivity index (χ4n) is 3.98. The van der Waals surface area contributed by atoms with Crippen LogP contribution in [0.5, 0.6) is 0 Å². The highest BCUT2D eigenvalue weighted by molar-refractivity contribution is 5.85. The van der Waals surface area contributed by atoms with Crippen LogP contribution in [-0.2, 0) is 6.54 Å². The average Bonchev–Trinajstić information content (AvgIpc) is 2.77. The summed E-state index contributed by atoms with van der Waals surface area (Å²) in [5.41, 5.74) is 6.97. The van der Waals surface area contributed by atoms with Crippen LogP contribution in [0.25, 0.3) is 10.8 Å². The van der Waals surface area contributed by atoms with Crippen molar-refractivity contribution in [2.24, 2.45) is 11.7 Å². The van der Waals surface area contributed by atoms with Crippen molar-refractivity contribution in [3.63, 3.8) is 0 Å². The lowest BCUT2D eigenvalue weighted by molar-refractivity contribution is -0.384. The van der Waals surface area contributed by atoms with Crippen molar-refractivity contribution in [1.29, 1.82) is 0 Å². The molecule has 1 aromatic heterocycles. The number of nitro groups is 1. The Morgan fingerprint density at radius 3 is 2.63 bits per heavy atom. The standard InChI is InChI=1S/C22H26N6O2/c23-18-10-8-15(9-11-18)12-24-21-20(28(29)30)14-26-22(27-21)25-13-17-6-3-5-16-4-1-2-7-19(16)17/h1-7,14-15,18H,8-13,23H2,(H2,24,25,26,27). The zero-order valence-corrected chi connectivity index (χ0v) is 16.8. The van der Waals surface area contributed by atoms with Crippen molar-refractivity contribution in [3.8, 4) is 0 Å². The van der Waals surface area contributed by atoms with Crippen molar-refractivity contribution in [2.45, 2.75) is 38.3 Å². The molecule has 8 nitrogen and oxygen atoms in total. The van der Waals surface area contributed by atoms with Crippen molar-refractivity contribution in [2.75, 3.05) is 17.2 Å². The molecule has 0 atom stereocenters. The Balaban J connectivity index is 1.47. The SMILES string of the molecule is NC1CCC(CNc2nc(NCc3cccc4ccccc34)ncc2[N+](=O)[O-])CC1. The van der Waals surface area contributed by atoms with Crippen LogP contribution in [0.4, 0.5) is 17.5 Å². The molecule has 30 heavy (non-hydrogen) atoms.